The van der Waals surface area contributed by atoms with Crippen LogP contribution in [0.1, 0.15) is 11.9 Å². The van der Waals surface area contributed by atoms with E-state index in [0.29, 0.717) is 27.4 Å². The zero-order chi connectivity index (χ0) is 23.5. The number of likely N-dealkylation sites (N-methyl/N-ethyl adjacent to an activating group) is 1. The van der Waals surface area contributed by atoms with Crippen LogP contribution < -0.4 is 10.2 Å². The number of benzene rings is 1. The van der Waals surface area contributed by atoms with Crippen LogP contribution in [0.4, 0.5) is 17.2 Å². The van der Waals surface area contributed by atoms with Crippen LogP contribution in [0.2, 0.25) is 10.0 Å². The van der Waals surface area contributed by atoms with Gasteiger partial charge in [-0.15, -0.1) is 0 Å². The van der Waals surface area contributed by atoms with Crippen molar-refractivity contribution in [2.45, 2.75) is 6.04 Å². The summed E-state index contributed by atoms with van der Waals surface area (Å²) in [5.74, 6) is 0.868. The summed E-state index contributed by atoms with van der Waals surface area (Å²) in [7, 11) is 2.10. The Kier molecular flexibility index (Phi) is 6.92. The van der Waals surface area contributed by atoms with Crippen molar-refractivity contribution >= 4 is 40.4 Å². The lowest BCUT2D eigenvalue weighted by atomic mass is 10.1. The molecular weight excluding hydrogens is 465 g/mol. The van der Waals surface area contributed by atoms with Crippen LogP contribution in [0.25, 0.3) is 11.3 Å². The molecule has 3 heterocycles. The summed E-state index contributed by atoms with van der Waals surface area (Å²) in [4.78, 5) is 28.3. The molecule has 0 spiro atoms. The largest absolute Gasteiger partial charge is 0.366 e. The predicted octanol–water partition coefficient (Wildman–Crippen LogP) is 4.49. The lowest BCUT2D eigenvalue weighted by Gasteiger charge is -2.34. The van der Waals surface area contributed by atoms with Crippen LogP contribution in [0, 0.1) is 17.0 Å². The van der Waals surface area contributed by atoms with Gasteiger partial charge >= 0.3 is 0 Å². The van der Waals surface area contributed by atoms with Gasteiger partial charge in [0.1, 0.15) is 12.0 Å². The normalized spacial score (nSPS) is 15.3. The lowest BCUT2D eigenvalue weighted by molar-refractivity contribution is -0.385. The third kappa shape index (κ3) is 5.32. The number of nitro groups is 1. The summed E-state index contributed by atoms with van der Waals surface area (Å²) < 4.78 is 0. The number of pyridine rings is 1. The van der Waals surface area contributed by atoms with Crippen LogP contribution in [0.3, 0.4) is 0 Å². The number of aromatic nitrogens is 3. The van der Waals surface area contributed by atoms with E-state index in [4.69, 9.17) is 28.2 Å². The minimum absolute atomic E-state index is 0.0893. The first-order valence-corrected chi connectivity index (χ1v) is 11.0. The van der Waals surface area contributed by atoms with Gasteiger partial charge < -0.3 is 15.1 Å². The van der Waals surface area contributed by atoms with E-state index in [9.17, 15) is 10.1 Å². The Morgan fingerprint density at radius 1 is 1.12 bits per heavy atom. The Labute approximate surface area is 201 Å². The quantitative estimate of drug-likeness (QED) is 0.401. The van der Waals surface area contributed by atoms with Crippen LogP contribution >= 0.6 is 23.2 Å². The molecule has 1 aromatic carbocycles. The van der Waals surface area contributed by atoms with Crippen molar-refractivity contribution in [1.29, 1.82) is 0 Å². The number of anilines is 2. The highest BCUT2D eigenvalue weighted by atomic mass is 35.5. The Morgan fingerprint density at radius 3 is 2.52 bits per heavy atom. The molecular formula is C22H22Cl2N7O2. The molecule has 1 N–H and O–H groups in total. The summed E-state index contributed by atoms with van der Waals surface area (Å²) in [5, 5.41) is 15.0. The van der Waals surface area contributed by atoms with Gasteiger partial charge in [-0.3, -0.25) is 10.1 Å². The van der Waals surface area contributed by atoms with E-state index in [-0.39, 0.29) is 5.69 Å². The monoisotopic (exact) mass is 486 g/mol. The molecule has 1 aliphatic rings. The fourth-order valence-electron chi connectivity index (χ4n) is 3.54. The highest BCUT2D eigenvalue weighted by molar-refractivity contribution is 6.36. The van der Waals surface area contributed by atoms with Crippen LogP contribution in [-0.2, 0) is 0 Å². The van der Waals surface area contributed by atoms with Crippen molar-refractivity contribution in [3.05, 3.63) is 75.6 Å². The molecule has 0 saturated carbocycles. The molecule has 0 amide bonds. The van der Waals surface area contributed by atoms with Gasteiger partial charge in [-0.25, -0.2) is 15.0 Å². The average Bonchev–Trinajstić information content (AvgIpc) is 2.80. The summed E-state index contributed by atoms with van der Waals surface area (Å²) in [6.07, 6.45) is 2.97. The zero-order valence-electron chi connectivity index (χ0n) is 17.9. The summed E-state index contributed by atoms with van der Waals surface area (Å²) in [5.41, 5.74) is 2.24. The first kappa shape index (κ1) is 23.2. The Hall–Kier alpha value is -3.01. The summed E-state index contributed by atoms with van der Waals surface area (Å²) >= 11 is 12.6. The minimum Gasteiger partial charge on any atom is -0.366 e. The summed E-state index contributed by atoms with van der Waals surface area (Å²) in [6.45, 7) is 7.65. The minimum atomic E-state index is -0.551. The highest BCUT2D eigenvalue weighted by Crippen LogP contribution is 2.36. The van der Waals surface area contributed by atoms with Gasteiger partial charge in [0.15, 0.2) is 5.82 Å². The number of nitrogens with one attached hydrogen (secondary N) is 1. The number of halogens is 2. The first-order chi connectivity index (χ1) is 15.8. The van der Waals surface area contributed by atoms with Crippen molar-refractivity contribution in [3.63, 3.8) is 0 Å². The molecule has 171 valence electrons. The molecule has 2 aromatic heterocycles. The van der Waals surface area contributed by atoms with Gasteiger partial charge in [-0.05, 0) is 38.2 Å². The van der Waals surface area contributed by atoms with Crippen molar-refractivity contribution in [1.82, 2.24) is 19.9 Å². The topological polar surface area (TPSA) is 100 Å². The molecule has 1 aliphatic heterocycles. The van der Waals surface area contributed by atoms with E-state index in [1.807, 2.05) is 6.07 Å². The second-order valence-corrected chi connectivity index (χ2v) is 8.58. The molecule has 1 fully saturated rings. The van der Waals surface area contributed by atoms with E-state index in [0.717, 1.165) is 37.4 Å². The molecule has 0 bridgehead atoms. The Balaban J connectivity index is 1.67. The maximum atomic E-state index is 10.8. The standard InChI is InChI=1S/C22H22Cl2N7O2/c1-14(27-20-6-4-16(12-25-20)31(32)33)22-26-13-19(30-9-7-29(2)8-10-30)21(28-22)17-5-3-15(23)11-18(17)24/h3-6,11-14H,1,7-10H2,2H3,(H,25,27). The molecule has 1 saturated heterocycles. The van der Waals surface area contributed by atoms with Gasteiger partial charge in [0, 0.05) is 42.8 Å². The fourth-order valence-corrected chi connectivity index (χ4v) is 4.04. The molecule has 33 heavy (non-hydrogen) atoms. The van der Waals surface area contributed by atoms with Crippen molar-refractivity contribution in [2.75, 3.05) is 43.4 Å². The Bertz CT molecular complexity index is 1150. The molecule has 3 aromatic rings. The van der Waals surface area contributed by atoms with Crippen molar-refractivity contribution < 1.29 is 4.92 Å². The van der Waals surface area contributed by atoms with Crippen LogP contribution in [0.5, 0.6) is 0 Å². The molecule has 11 heteroatoms. The van der Waals surface area contributed by atoms with Crippen LogP contribution in [-0.4, -0.2) is 58.0 Å². The van der Waals surface area contributed by atoms with E-state index >= 15 is 0 Å². The van der Waals surface area contributed by atoms with E-state index < -0.39 is 11.0 Å². The number of hydrogen-bond donors (Lipinski definition) is 1. The van der Waals surface area contributed by atoms with E-state index in [2.05, 4.69) is 39.1 Å². The zero-order valence-corrected chi connectivity index (χ0v) is 19.4. The maximum absolute atomic E-state index is 10.8. The van der Waals surface area contributed by atoms with Gasteiger partial charge in [0.25, 0.3) is 5.69 Å². The molecule has 1 radical (unpaired) electrons. The second kappa shape index (κ2) is 9.86. The number of rotatable bonds is 6. The molecule has 1 unspecified atom stereocenters. The SMILES string of the molecule is [CH2]C(Nc1ccc([N+](=O)[O-])cn1)c1ncc(N2CCN(C)CC2)c(-c2ccc(Cl)cc2Cl)n1. The maximum Gasteiger partial charge on any atom is 0.287 e. The number of nitrogens with zero attached hydrogens (tertiary/aromatic N) is 6. The average molecular weight is 487 g/mol. The van der Waals surface area contributed by atoms with Gasteiger partial charge in [0.05, 0.1) is 33.6 Å². The Morgan fingerprint density at radius 2 is 1.88 bits per heavy atom. The third-order valence-electron chi connectivity index (χ3n) is 5.41. The summed E-state index contributed by atoms with van der Waals surface area (Å²) in [6, 6.07) is 7.66. The first-order valence-electron chi connectivity index (χ1n) is 10.3. The smallest absolute Gasteiger partial charge is 0.287 e. The third-order valence-corrected chi connectivity index (χ3v) is 5.96. The van der Waals surface area contributed by atoms with Gasteiger partial charge in [-0.1, -0.05) is 23.2 Å². The fraction of sp³-hybridized carbons (Fsp3) is 0.273. The van der Waals surface area contributed by atoms with Crippen molar-refractivity contribution in [3.8, 4) is 11.3 Å². The second-order valence-electron chi connectivity index (χ2n) is 7.73. The predicted molar refractivity (Wildman–Crippen MR) is 130 cm³/mol. The van der Waals surface area contributed by atoms with E-state index in [1.54, 1.807) is 18.3 Å². The molecule has 0 aliphatic carbocycles. The molecule has 1 atom stereocenters. The van der Waals surface area contributed by atoms with Gasteiger partial charge in [-0.2, -0.15) is 0 Å². The highest BCUT2D eigenvalue weighted by Gasteiger charge is 2.22. The number of piperazine rings is 1. The van der Waals surface area contributed by atoms with Crippen molar-refractivity contribution in [2.24, 2.45) is 0 Å². The van der Waals surface area contributed by atoms with E-state index in [1.165, 1.54) is 18.3 Å². The molecule has 9 nitrogen and oxygen atoms in total. The van der Waals surface area contributed by atoms with Crippen LogP contribution in [0.15, 0.2) is 42.7 Å². The lowest BCUT2D eigenvalue weighted by Crippen LogP contribution is -2.44. The molecule has 4 rings (SSSR count). The van der Waals surface area contributed by atoms with Gasteiger partial charge in [0.2, 0.25) is 0 Å². The number of hydrogen-bond acceptors (Lipinski definition) is 8.